The second kappa shape index (κ2) is 6.91. The van der Waals surface area contributed by atoms with E-state index in [-0.39, 0.29) is 6.04 Å². The molecule has 0 aliphatic carbocycles. The van der Waals surface area contributed by atoms with Gasteiger partial charge in [-0.25, -0.2) is 0 Å². The number of hydrogen-bond donors (Lipinski definition) is 1. The molecule has 1 aromatic rings. The molecule has 18 heavy (non-hydrogen) atoms. The molecule has 0 saturated heterocycles. The van der Waals surface area contributed by atoms with E-state index in [0.29, 0.717) is 12.0 Å². The highest BCUT2D eigenvalue weighted by atomic mass is 15.2. The predicted octanol–water partition coefficient (Wildman–Crippen LogP) is 3.36. The van der Waals surface area contributed by atoms with Gasteiger partial charge in [-0.15, -0.1) is 0 Å². The Kier molecular flexibility index (Phi) is 5.83. The summed E-state index contributed by atoms with van der Waals surface area (Å²) in [6.45, 7) is 13.2. The summed E-state index contributed by atoms with van der Waals surface area (Å²) in [4.78, 5) is 2.47. The lowest BCUT2D eigenvalue weighted by atomic mass is 9.98. The molecule has 102 valence electrons. The number of hydrogen-bond acceptors (Lipinski definition) is 2. The first-order valence-electron chi connectivity index (χ1n) is 7.01. The fourth-order valence-corrected chi connectivity index (χ4v) is 2.35. The number of nitrogens with two attached hydrogens (primary N) is 1. The van der Waals surface area contributed by atoms with Crippen LogP contribution in [0.25, 0.3) is 0 Å². The van der Waals surface area contributed by atoms with Gasteiger partial charge in [0.25, 0.3) is 0 Å². The van der Waals surface area contributed by atoms with E-state index in [1.54, 1.807) is 0 Å². The molecule has 0 spiro atoms. The Morgan fingerprint density at radius 3 is 2.11 bits per heavy atom. The van der Waals surface area contributed by atoms with Crippen molar-refractivity contribution >= 4 is 0 Å². The first kappa shape index (κ1) is 15.2. The van der Waals surface area contributed by atoms with E-state index in [2.05, 4.69) is 63.8 Å². The summed E-state index contributed by atoms with van der Waals surface area (Å²) in [5.41, 5.74) is 8.92. The van der Waals surface area contributed by atoms with E-state index in [4.69, 9.17) is 5.73 Å². The Morgan fingerprint density at radius 2 is 1.67 bits per heavy atom. The van der Waals surface area contributed by atoms with Gasteiger partial charge >= 0.3 is 0 Å². The third-order valence-corrected chi connectivity index (χ3v) is 3.56. The lowest BCUT2D eigenvalue weighted by Crippen LogP contribution is -2.42. The molecule has 0 aromatic heterocycles. The highest BCUT2D eigenvalue weighted by molar-refractivity contribution is 5.24. The number of rotatable bonds is 6. The zero-order valence-corrected chi connectivity index (χ0v) is 12.5. The van der Waals surface area contributed by atoms with Gasteiger partial charge in [0.05, 0.1) is 0 Å². The maximum atomic E-state index is 6.40. The average molecular weight is 248 g/mol. The third-order valence-electron chi connectivity index (χ3n) is 3.56. The molecule has 2 heteroatoms. The lowest BCUT2D eigenvalue weighted by Gasteiger charge is -2.33. The largest absolute Gasteiger partial charge is 0.323 e. The molecule has 0 aliphatic heterocycles. The van der Waals surface area contributed by atoms with Crippen LogP contribution in [0.3, 0.4) is 0 Å². The highest BCUT2D eigenvalue weighted by Gasteiger charge is 2.21. The van der Waals surface area contributed by atoms with Crippen molar-refractivity contribution in [2.24, 2.45) is 11.7 Å². The topological polar surface area (TPSA) is 29.3 Å². The van der Waals surface area contributed by atoms with E-state index < -0.39 is 0 Å². The number of benzene rings is 1. The molecule has 0 amide bonds. The summed E-state index contributed by atoms with van der Waals surface area (Å²) < 4.78 is 0. The van der Waals surface area contributed by atoms with Gasteiger partial charge in [-0.1, -0.05) is 50.6 Å². The van der Waals surface area contributed by atoms with E-state index in [1.807, 2.05) is 0 Å². The van der Waals surface area contributed by atoms with Crippen molar-refractivity contribution in [3.8, 4) is 0 Å². The molecule has 1 aromatic carbocycles. The molecule has 2 atom stereocenters. The van der Waals surface area contributed by atoms with Crippen LogP contribution in [-0.2, 0) is 0 Å². The molecule has 0 heterocycles. The Labute approximate surface area is 112 Å². The van der Waals surface area contributed by atoms with Crippen LogP contribution in [0.15, 0.2) is 24.3 Å². The highest BCUT2D eigenvalue weighted by Crippen LogP contribution is 2.19. The summed E-state index contributed by atoms with van der Waals surface area (Å²) >= 11 is 0. The molecule has 0 radical (unpaired) electrons. The van der Waals surface area contributed by atoms with Gasteiger partial charge in [-0.05, 0) is 31.9 Å². The van der Waals surface area contributed by atoms with Crippen LogP contribution in [-0.4, -0.2) is 24.0 Å². The third kappa shape index (κ3) is 4.11. The summed E-state index contributed by atoms with van der Waals surface area (Å²) in [6, 6.07) is 9.05. The summed E-state index contributed by atoms with van der Waals surface area (Å²) in [5.74, 6) is 0.678. The zero-order chi connectivity index (χ0) is 13.7. The molecular formula is C16H28N2. The second-order valence-electron chi connectivity index (χ2n) is 5.66. The minimum atomic E-state index is 0.0873. The molecule has 0 bridgehead atoms. The minimum Gasteiger partial charge on any atom is -0.323 e. The van der Waals surface area contributed by atoms with Crippen molar-refractivity contribution in [3.63, 3.8) is 0 Å². The fraction of sp³-hybridized carbons (Fsp3) is 0.625. The molecule has 2 unspecified atom stereocenters. The number of nitrogens with zero attached hydrogens (tertiary/aromatic N) is 1. The van der Waals surface area contributed by atoms with Crippen molar-refractivity contribution in [1.82, 2.24) is 4.90 Å². The quantitative estimate of drug-likeness (QED) is 0.836. The predicted molar refractivity (Wildman–Crippen MR) is 79.7 cm³/mol. The van der Waals surface area contributed by atoms with Crippen molar-refractivity contribution in [2.45, 2.75) is 46.7 Å². The zero-order valence-electron chi connectivity index (χ0n) is 12.5. The van der Waals surface area contributed by atoms with E-state index in [9.17, 15) is 0 Å². The maximum Gasteiger partial charge on any atom is 0.0450 e. The monoisotopic (exact) mass is 248 g/mol. The minimum absolute atomic E-state index is 0.0873. The van der Waals surface area contributed by atoms with Gasteiger partial charge in [-0.3, -0.25) is 4.90 Å². The van der Waals surface area contributed by atoms with Gasteiger partial charge < -0.3 is 5.73 Å². The van der Waals surface area contributed by atoms with Crippen molar-refractivity contribution < 1.29 is 0 Å². The molecule has 1 rings (SSSR count). The van der Waals surface area contributed by atoms with E-state index in [0.717, 1.165) is 13.1 Å². The van der Waals surface area contributed by atoms with Crippen LogP contribution in [0.4, 0.5) is 0 Å². The fourth-order valence-electron chi connectivity index (χ4n) is 2.35. The van der Waals surface area contributed by atoms with Crippen LogP contribution in [0.2, 0.25) is 0 Å². The summed E-state index contributed by atoms with van der Waals surface area (Å²) in [6.07, 6.45) is 0. The molecule has 0 aliphatic rings. The van der Waals surface area contributed by atoms with Crippen LogP contribution < -0.4 is 5.73 Å². The number of aryl methyl sites for hydroxylation is 1. The van der Waals surface area contributed by atoms with E-state index in [1.165, 1.54) is 11.1 Å². The van der Waals surface area contributed by atoms with Gasteiger partial charge in [0.15, 0.2) is 0 Å². The van der Waals surface area contributed by atoms with Gasteiger partial charge in [0.2, 0.25) is 0 Å². The van der Waals surface area contributed by atoms with Gasteiger partial charge in [-0.2, -0.15) is 0 Å². The summed E-state index contributed by atoms with van der Waals surface area (Å²) in [7, 11) is 0. The maximum absolute atomic E-state index is 6.40. The van der Waals surface area contributed by atoms with Crippen molar-refractivity contribution in [3.05, 3.63) is 35.4 Å². The molecule has 0 saturated carbocycles. The first-order chi connectivity index (χ1) is 8.45. The van der Waals surface area contributed by atoms with Crippen molar-refractivity contribution in [1.29, 1.82) is 0 Å². The smallest absolute Gasteiger partial charge is 0.0450 e. The molecular weight excluding hydrogens is 220 g/mol. The van der Waals surface area contributed by atoms with Crippen LogP contribution in [0.5, 0.6) is 0 Å². The molecule has 0 fully saturated rings. The van der Waals surface area contributed by atoms with Crippen molar-refractivity contribution in [2.75, 3.05) is 13.1 Å². The Hall–Kier alpha value is -0.860. The molecule has 2 N–H and O–H groups in total. The van der Waals surface area contributed by atoms with Crippen LogP contribution in [0.1, 0.15) is 44.9 Å². The Bertz CT molecular complexity index is 343. The van der Waals surface area contributed by atoms with Crippen LogP contribution >= 0.6 is 0 Å². The normalized spacial score (nSPS) is 15.1. The summed E-state index contributed by atoms with van der Waals surface area (Å²) in [5, 5.41) is 0. The average Bonchev–Trinajstić information content (AvgIpc) is 2.35. The number of likely N-dealkylation sites (N-methyl/N-ethyl adjacent to an activating group) is 1. The standard InChI is InChI=1S/C16H28N2/c1-6-18(11-12(2)3)14(5)16(17)15-9-7-13(4)8-10-15/h7-10,12,14,16H,6,11,17H2,1-5H3. The Balaban J connectivity index is 2.75. The van der Waals surface area contributed by atoms with Gasteiger partial charge in [0.1, 0.15) is 0 Å². The SMILES string of the molecule is CCN(CC(C)C)C(C)C(N)c1ccc(C)cc1. The Morgan fingerprint density at radius 1 is 1.11 bits per heavy atom. The molecule has 2 nitrogen and oxygen atoms in total. The van der Waals surface area contributed by atoms with Gasteiger partial charge in [0, 0.05) is 18.6 Å². The first-order valence-corrected chi connectivity index (χ1v) is 7.01. The second-order valence-corrected chi connectivity index (χ2v) is 5.66. The van der Waals surface area contributed by atoms with E-state index >= 15 is 0 Å². The lowest BCUT2D eigenvalue weighted by molar-refractivity contribution is 0.173. The van der Waals surface area contributed by atoms with Crippen LogP contribution in [0, 0.1) is 12.8 Å².